The molecule has 0 aromatic heterocycles. The molecular formula is C21H24O9. The third-order valence-electron chi connectivity index (χ3n) is 6.93. The number of rotatable bonds is 3. The SMILES string of the molecule is C=C(C)[C@H]1C[C@@]23O[C@@]4(O[C@@H]4[C@]2(C(=O)OC)O3)[C@H](C(=C)C)[C@H]2C=C(C(=O)O2)[C@H](O)[C@@H]1O. The highest BCUT2D eigenvalue weighted by Crippen LogP contribution is 2.75. The summed E-state index contributed by atoms with van der Waals surface area (Å²) in [6.45, 7) is 11.3. The normalized spacial score (nSPS) is 50.3. The highest BCUT2D eigenvalue weighted by molar-refractivity contribution is 5.92. The smallest absolute Gasteiger partial charge is 0.347 e. The highest BCUT2D eigenvalue weighted by atomic mass is 17.0. The van der Waals surface area contributed by atoms with Crippen LogP contribution < -0.4 is 0 Å². The van der Waals surface area contributed by atoms with Crippen LogP contribution in [-0.4, -0.2) is 70.9 Å². The van der Waals surface area contributed by atoms with Crippen molar-refractivity contribution < 1.29 is 43.5 Å². The number of hydrogen-bond acceptors (Lipinski definition) is 9. The standard InChI is InChI=1S/C21H24O9/c1-8(2)11-7-19-20(29-19,18(25)26-5)17-21(28-17,30-19)13(9(3)4)12-6-10(16(24)27-12)14(22)15(11)23/h6,11-15,17,22-23H,1,3,7H2,2,4-5H3/t11-,12-,13-,14+,15-,17-,19-,20-,21+/m1/s1. The van der Waals surface area contributed by atoms with Crippen molar-refractivity contribution >= 4 is 11.9 Å². The maximum Gasteiger partial charge on any atom is 0.347 e. The fourth-order valence-electron chi connectivity index (χ4n) is 5.41. The van der Waals surface area contributed by atoms with E-state index in [-0.39, 0.29) is 12.0 Å². The van der Waals surface area contributed by atoms with Gasteiger partial charge in [0.2, 0.25) is 11.6 Å². The van der Waals surface area contributed by atoms with Crippen molar-refractivity contribution in [1.29, 1.82) is 0 Å². The quantitative estimate of drug-likeness (QED) is 0.371. The van der Waals surface area contributed by atoms with Crippen LogP contribution in [0.5, 0.6) is 0 Å². The molecule has 5 rings (SSSR count). The molecule has 3 fully saturated rings. The molecule has 9 atom stereocenters. The molecule has 2 N–H and O–H groups in total. The van der Waals surface area contributed by atoms with Crippen molar-refractivity contribution in [3.8, 4) is 0 Å². The Balaban J connectivity index is 1.67. The second-order valence-corrected chi connectivity index (χ2v) is 8.81. The van der Waals surface area contributed by atoms with Crippen molar-refractivity contribution in [2.24, 2.45) is 11.8 Å². The van der Waals surface area contributed by atoms with Gasteiger partial charge in [0.25, 0.3) is 5.60 Å². The van der Waals surface area contributed by atoms with Crippen molar-refractivity contribution in [3.63, 3.8) is 0 Å². The van der Waals surface area contributed by atoms with Crippen molar-refractivity contribution in [2.45, 2.75) is 61.9 Å². The first kappa shape index (κ1) is 19.9. The lowest BCUT2D eigenvalue weighted by molar-refractivity contribution is -0.189. The molecule has 5 aliphatic rings. The van der Waals surface area contributed by atoms with Crippen LogP contribution >= 0.6 is 0 Å². The van der Waals surface area contributed by atoms with E-state index in [0.717, 1.165) is 0 Å². The van der Waals surface area contributed by atoms with E-state index in [9.17, 15) is 19.8 Å². The van der Waals surface area contributed by atoms with Gasteiger partial charge in [-0.25, -0.2) is 9.59 Å². The van der Waals surface area contributed by atoms with E-state index in [2.05, 4.69) is 13.2 Å². The molecule has 0 aromatic carbocycles. The Labute approximate surface area is 172 Å². The molecule has 0 aromatic rings. The summed E-state index contributed by atoms with van der Waals surface area (Å²) < 4.78 is 28.5. The second kappa shape index (κ2) is 5.80. The van der Waals surface area contributed by atoms with Gasteiger partial charge in [-0.1, -0.05) is 24.3 Å². The third-order valence-corrected chi connectivity index (χ3v) is 6.93. The summed E-state index contributed by atoms with van der Waals surface area (Å²) in [5.41, 5.74) is -0.411. The molecule has 5 aliphatic heterocycles. The number of hydrogen-bond donors (Lipinski definition) is 2. The van der Waals surface area contributed by atoms with Gasteiger partial charge in [-0.3, -0.25) is 0 Å². The van der Waals surface area contributed by atoms with Crippen LogP contribution in [0.15, 0.2) is 36.0 Å². The van der Waals surface area contributed by atoms with Gasteiger partial charge < -0.3 is 33.9 Å². The molecule has 30 heavy (non-hydrogen) atoms. The first-order chi connectivity index (χ1) is 14.0. The third kappa shape index (κ3) is 2.14. The van der Waals surface area contributed by atoms with Crippen LogP contribution in [0.2, 0.25) is 0 Å². The molecule has 9 heteroatoms. The fourth-order valence-corrected chi connectivity index (χ4v) is 5.41. The van der Waals surface area contributed by atoms with E-state index in [1.165, 1.54) is 13.2 Å². The minimum atomic E-state index is -1.51. The Morgan fingerprint density at radius 2 is 1.93 bits per heavy atom. The van der Waals surface area contributed by atoms with Gasteiger partial charge in [0, 0.05) is 12.3 Å². The van der Waals surface area contributed by atoms with E-state index in [1.54, 1.807) is 13.8 Å². The zero-order valence-electron chi connectivity index (χ0n) is 16.9. The topological polar surface area (TPSA) is 127 Å². The predicted molar refractivity (Wildman–Crippen MR) is 98.5 cm³/mol. The predicted octanol–water partition coefficient (Wildman–Crippen LogP) is 0.112. The van der Waals surface area contributed by atoms with E-state index in [0.29, 0.717) is 11.1 Å². The minimum Gasteiger partial charge on any atom is -0.467 e. The lowest BCUT2D eigenvalue weighted by Gasteiger charge is -2.32. The number of aliphatic hydroxyl groups excluding tert-OH is 2. The first-order valence-corrected chi connectivity index (χ1v) is 9.81. The first-order valence-electron chi connectivity index (χ1n) is 9.81. The van der Waals surface area contributed by atoms with Crippen molar-refractivity contribution in [3.05, 3.63) is 36.0 Å². The largest absolute Gasteiger partial charge is 0.467 e. The summed E-state index contributed by atoms with van der Waals surface area (Å²) in [4.78, 5) is 25.3. The molecule has 0 saturated carbocycles. The zero-order valence-corrected chi connectivity index (χ0v) is 16.9. The number of esters is 2. The van der Waals surface area contributed by atoms with E-state index < -0.39 is 65.4 Å². The fraction of sp³-hybridized carbons (Fsp3) is 0.619. The summed E-state index contributed by atoms with van der Waals surface area (Å²) in [5, 5.41) is 21.7. The Hall–Kier alpha value is -2.04. The Morgan fingerprint density at radius 3 is 2.53 bits per heavy atom. The van der Waals surface area contributed by atoms with Gasteiger partial charge in [0.1, 0.15) is 12.2 Å². The van der Waals surface area contributed by atoms with Crippen LogP contribution in [0.4, 0.5) is 0 Å². The van der Waals surface area contributed by atoms with Crippen LogP contribution in [0.1, 0.15) is 20.3 Å². The molecule has 0 unspecified atom stereocenters. The van der Waals surface area contributed by atoms with Crippen LogP contribution in [0, 0.1) is 11.8 Å². The lowest BCUT2D eigenvalue weighted by atomic mass is 9.80. The maximum absolute atomic E-state index is 12.8. The van der Waals surface area contributed by atoms with Crippen molar-refractivity contribution in [2.75, 3.05) is 7.11 Å². The van der Waals surface area contributed by atoms with Gasteiger partial charge >= 0.3 is 11.9 Å². The van der Waals surface area contributed by atoms with Gasteiger partial charge in [-0.15, -0.1) is 0 Å². The summed E-state index contributed by atoms with van der Waals surface area (Å²) >= 11 is 0. The number of carbonyl (C=O) groups is 2. The molecule has 3 saturated heterocycles. The van der Waals surface area contributed by atoms with Gasteiger partial charge in [-0.05, 0) is 19.9 Å². The maximum atomic E-state index is 12.8. The van der Waals surface area contributed by atoms with Crippen LogP contribution in [0.3, 0.4) is 0 Å². The van der Waals surface area contributed by atoms with Gasteiger partial charge in [0.15, 0.2) is 6.10 Å². The number of aliphatic hydroxyl groups is 2. The Bertz CT molecular complexity index is 923. The molecule has 4 bridgehead atoms. The Morgan fingerprint density at radius 1 is 1.23 bits per heavy atom. The van der Waals surface area contributed by atoms with E-state index in [4.69, 9.17) is 23.7 Å². The second-order valence-electron chi connectivity index (χ2n) is 8.81. The molecule has 162 valence electrons. The number of ether oxygens (including phenoxy) is 5. The summed E-state index contributed by atoms with van der Waals surface area (Å²) in [5.74, 6) is -5.49. The summed E-state index contributed by atoms with van der Waals surface area (Å²) in [7, 11) is 1.24. The molecule has 5 heterocycles. The number of fused-ring (bicyclic) bond motifs is 2. The lowest BCUT2D eigenvalue weighted by Crippen LogP contribution is -2.43. The molecule has 0 amide bonds. The highest BCUT2D eigenvalue weighted by Gasteiger charge is 2.99. The van der Waals surface area contributed by atoms with Crippen LogP contribution in [0.25, 0.3) is 0 Å². The molecule has 0 aliphatic carbocycles. The summed E-state index contributed by atoms with van der Waals surface area (Å²) in [6, 6.07) is 0. The monoisotopic (exact) mass is 420 g/mol. The zero-order chi connectivity index (χ0) is 21.8. The van der Waals surface area contributed by atoms with E-state index in [1.807, 2.05) is 0 Å². The average molecular weight is 420 g/mol. The number of carbonyl (C=O) groups excluding carboxylic acids is 2. The van der Waals surface area contributed by atoms with Crippen LogP contribution in [-0.2, 0) is 33.3 Å². The molecule has 2 spiro atoms. The minimum absolute atomic E-state index is 0.0210. The van der Waals surface area contributed by atoms with Gasteiger partial charge in [-0.2, -0.15) is 0 Å². The molecule has 9 nitrogen and oxygen atoms in total. The Kier molecular flexibility index (Phi) is 3.85. The van der Waals surface area contributed by atoms with Gasteiger partial charge in [0.05, 0.1) is 24.7 Å². The number of methoxy groups -OCH3 is 1. The van der Waals surface area contributed by atoms with Crippen molar-refractivity contribution in [1.82, 2.24) is 0 Å². The number of epoxide rings is 2. The van der Waals surface area contributed by atoms with E-state index >= 15 is 0 Å². The molecule has 0 radical (unpaired) electrons. The molecular weight excluding hydrogens is 396 g/mol. The average Bonchev–Trinajstić information content (AvgIpc) is 3.49. The summed E-state index contributed by atoms with van der Waals surface area (Å²) in [6.07, 6.45) is -3.05.